The summed E-state index contributed by atoms with van der Waals surface area (Å²) < 4.78 is 0.626. The van der Waals surface area contributed by atoms with Gasteiger partial charge in [0, 0.05) is 3.92 Å². The number of alkyl halides is 1. The summed E-state index contributed by atoms with van der Waals surface area (Å²) in [7, 11) is 0. The van der Waals surface area contributed by atoms with E-state index in [1.165, 1.54) is 18.4 Å². The zero-order chi connectivity index (χ0) is 7.56. The highest BCUT2D eigenvalue weighted by Crippen LogP contribution is 2.30. The van der Waals surface area contributed by atoms with Gasteiger partial charge in [0.15, 0.2) is 5.78 Å². The third-order valence-corrected chi connectivity index (χ3v) is 3.14. The van der Waals surface area contributed by atoms with Crippen LogP contribution in [-0.2, 0) is 4.79 Å². The van der Waals surface area contributed by atoms with Gasteiger partial charge in [0.2, 0.25) is 0 Å². The lowest BCUT2D eigenvalue weighted by atomic mass is 10.2. The molecule has 0 aromatic rings. The predicted molar refractivity (Wildman–Crippen MR) is 50.4 cm³/mol. The van der Waals surface area contributed by atoms with Gasteiger partial charge in [0.05, 0.1) is 0 Å². The Bertz CT molecular complexity index is 172. The average Bonchev–Trinajstić information content (AvgIpc) is 2.15. The summed E-state index contributed by atoms with van der Waals surface area (Å²) in [6.45, 7) is 1.62. The molecule has 0 aromatic heterocycles. The quantitative estimate of drug-likeness (QED) is 0.397. The molecule has 1 aliphatic carbocycles. The maximum atomic E-state index is 10.7. The van der Waals surface area contributed by atoms with E-state index in [4.69, 9.17) is 0 Å². The van der Waals surface area contributed by atoms with Crippen LogP contribution in [0.2, 0.25) is 0 Å². The standard InChI is InChI=1S/C8H11IO/c1-6(10)5-7-3-2-4-8(7)9/h5,8H,2-4H2,1H3. The molecule has 0 amide bonds. The Kier molecular flexibility index (Phi) is 2.89. The molecule has 56 valence electrons. The Hall–Kier alpha value is 0.140. The first kappa shape index (κ1) is 8.24. The van der Waals surface area contributed by atoms with Gasteiger partial charge in [-0.2, -0.15) is 0 Å². The van der Waals surface area contributed by atoms with Crippen molar-refractivity contribution in [2.75, 3.05) is 0 Å². The average molecular weight is 250 g/mol. The highest BCUT2D eigenvalue weighted by Gasteiger charge is 2.17. The van der Waals surface area contributed by atoms with Gasteiger partial charge in [-0.05, 0) is 32.3 Å². The topological polar surface area (TPSA) is 17.1 Å². The first-order valence-electron chi connectivity index (χ1n) is 3.55. The largest absolute Gasteiger partial charge is 0.295 e. The lowest BCUT2D eigenvalue weighted by Crippen LogP contribution is -1.94. The van der Waals surface area contributed by atoms with Crippen molar-refractivity contribution < 1.29 is 4.79 Å². The van der Waals surface area contributed by atoms with Crippen LogP contribution >= 0.6 is 22.6 Å². The number of ketones is 1. The second kappa shape index (κ2) is 3.51. The van der Waals surface area contributed by atoms with Crippen LogP contribution < -0.4 is 0 Å². The number of carbonyl (C=O) groups excluding carboxylic acids is 1. The molecule has 0 aliphatic heterocycles. The number of halogens is 1. The monoisotopic (exact) mass is 250 g/mol. The van der Waals surface area contributed by atoms with Gasteiger partial charge < -0.3 is 0 Å². The van der Waals surface area contributed by atoms with E-state index in [-0.39, 0.29) is 5.78 Å². The van der Waals surface area contributed by atoms with Crippen molar-refractivity contribution in [1.29, 1.82) is 0 Å². The second-order valence-corrected chi connectivity index (χ2v) is 4.19. The fraction of sp³-hybridized carbons (Fsp3) is 0.625. The van der Waals surface area contributed by atoms with E-state index in [0.29, 0.717) is 3.92 Å². The minimum Gasteiger partial charge on any atom is -0.295 e. The Morgan fingerprint density at radius 1 is 1.80 bits per heavy atom. The number of allylic oxidation sites excluding steroid dienone is 2. The number of rotatable bonds is 1. The summed E-state index contributed by atoms with van der Waals surface area (Å²) in [6.07, 6.45) is 5.43. The predicted octanol–water partition coefficient (Wildman–Crippen LogP) is 2.49. The molecular formula is C8H11IO. The highest BCUT2D eigenvalue weighted by atomic mass is 127. The molecule has 0 saturated heterocycles. The molecule has 0 radical (unpaired) electrons. The van der Waals surface area contributed by atoms with Crippen LogP contribution in [0.15, 0.2) is 11.6 Å². The number of hydrogen-bond acceptors (Lipinski definition) is 1. The van der Waals surface area contributed by atoms with E-state index in [1.54, 1.807) is 13.0 Å². The molecule has 0 bridgehead atoms. The van der Waals surface area contributed by atoms with E-state index in [0.717, 1.165) is 6.42 Å². The summed E-state index contributed by atoms with van der Waals surface area (Å²) in [4.78, 5) is 10.7. The van der Waals surface area contributed by atoms with Gasteiger partial charge in [-0.25, -0.2) is 0 Å². The lowest BCUT2D eigenvalue weighted by molar-refractivity contribution is -0.112. The fourth-order valence-corrected chi connectivity index (χ4v) is 2.18. The Morgan fingerprint density at radius 2 is 2.50 bits per heavy atom. The first-order valence-corrected chi connectivity index (χ1v) is 4.80. The second-order valence-electron chi connectivity index (χ2n) is 2.69. The summed E-state index contributed by atoms with van der Waals surface area (Å²) >= 11 is 2.41. The van der Waals surface area contributed by atoms with Crippen molar-refractivity contribution in [3.63, 3.8) is 0 Å². The molecule has 1 aliphatic rings. The molecule has 1 unspecified atom stereocenters. The third-order valence-electron chi connectivity index (χ3n) is 1.71. The van der Waals surface area contributed by atoms with E-state index in [9.17, 15) is 4.79 Å². The van der Waals surface area contributed by atoms with E-state index in [2.05, 4.69) is 22.6 Å². The molecule has 0 aromatic carbocycles. The van der Waals surface area contributed by atoms with Crippen molar-refractivity contribution >= 4 is 28.4 Å². The minimum absolute atomic E-state index is 0.193. The number of carbonyl (C=O) groups is 1. The van der Waals surface area contributed by atoms with Gasteiger partial charge in [-0.1, -0.05) is 28.2 Å². The van der Waals surface area contributed by atoms with E-state index < -0.39 is 0 Å². The first-order chi connectivity index (χ1) is 4.70. The summed E-state index contributed by atoms with van der Waals surface area (Å²) in [5.74, 6) is 0.193. The molecule has 2 heteroatoms. The van der Waals surface area contributed by atoms with Crippen LogP contribution in [0.5, 0.6) is 0 Å². The molecule has 0 spiro atoms. The van der Waals surface area contributed by atoms with E-state index in [1.807, 2.05) is 0 Å². The van der Waals surface area contributed by atoms with Crippen molar-refractivity contribution in [3.05, 3.63) is 11.6 Å². The highest BCUT2D eigenvalue weighted by molar-refractivity contribution is 14.1. The molecule has 1 atom stereocenters. The van der Waals surface area contributed by atoms with Crippen LogP contribution in [0.3, 0.4) is 0 Å². The summed E-state index contributed by atoms with van der Waals surface area (Å²) in [6, 6.07) is 0. The molecule has 1 rings (SSSR count). The number of hydrogen-bond donors (Lipinski definition) is 0. The summed E-state index contributed by atoms with van der Waals surface area (Å²) in [5, 5.41) is 0. The molecule has 1 saturated carbocycles. The Balaban J connectivity index is 2.62. The zero-order valence-electron chi connectivity index (χ0n) is 6.06. The maximum absolute atomic E-state index is 10.7. The van der Waals surface area contributed by atoms with Crippen LogP contribution in [0.4, 0.5) is 0 Å². The molecule has 1 nitrogen and oxygen atoms in total. The van der Waals surface area contributed by atoms with Crippen molar-refractivity contribution in [3.8, 4) is 0 Å². The summed E-state index contributed by atoms with van der Waals surface area (Å²) in [5.41, 5.74) is 1.34. The van der Waals surface area contributed by atoms with Gasteiger partial charge in [-0.3, -0.25) is 4.79 Å². The van der Waals surface area contributed by atoms with Crippen molar-refractivity contribution in [1.82, 2.24) is 0 Å². The Morgan fingerprint density at radius 3 is 2.90 bits per heavy atom. The molecule has 1 fully saturated rings. The zero-order valence-corrected chi connectivity index (χ0v) is 8.22. The lowest BCUT2D eigenvalue weighted by Gasteiger charge is -1.99. The Labute approximate surface area is 75.0 Å². The molecule has 0 heterocycles. The normalized spacial score (nSPS) is 29.4. The SMILES string of the molecule is CC(=O)C=C1CCCC1I. The van der Waals surface area contributed by atoms with Crippen LogP contribution in [0.25, 0.3) is 0 Å². The van der Waals surface area contributed by atoms with Gasteiger partial charge in [0.1, 0.15) is 0 Å². The maximum Gasteiger partial charge on any atom is 0.152 e. The van der Waals surface area contributed by atoms with Crippen LogP contribution in [0.1, 0.15) is 26.2 Å². The minimum atomic E-state index is 0.193. The smallest absolute Gasteiger partial charge is 0.152 e. The van der Waals surface area contributed by atoms with Gasteiger partial charge >= 0.3 is 0 Å². The third kappa shape index (κ3) is 2.08. The van der Waals surface area contributed by atoms with E-state index >= 15 is 0 Å². The van der Waals surface area contributed by atoms with Crippen LogP contribution in [0, 0.1) is 0 Å². The molecular weight excluding hydrogens is 239 g/mol. The van der Waals surface area contributed by atoms with Crippen molar-refractivity contribution in [2.24, 2.45) is 0 Å². The fourth-order valence-electron chi connectivity index (χ4n) is 1.25. The van der Waals surface area contributed by atoms with Gasteiger partial charge in [-0.15, -0.1) is 0 Å². The van der Waals surface area contributed by atoms with Crippen molar-refractivity contribution in [2.45, 2.75) is 30.1 Å². The molecule has 10 heavy (non-hydrogen) atoms. The molecule has 0 N–H and O–H groups in total. The van der Waals surface area contributed by atoms with Gasteiger partial charge in [0.25, 0.3) is 0 Å². The van der Waals surface area contributed by atoms with Crippen LogP contribution in [-0.4, -0.2) is 9.71 Å².